The van der Waals surface area contributed by atoms with Gasteiger partial charge in [-0.3, -0.25) is 9.59 Å². The van der Waals surface area contributed by atoms with E-state index in [1.54, 1.807) is 44.2 Å². The number of carbonyl (C=O) groups is 3. The molecule has 2 N–H and O–H groups in total. The molecule has 0 heterocycles. The number of esters is 1. The number of nitrogens with zero attached hydrogens (tertiary/aromatic N) is 1. The average molecular weight is 429 g/mol. The molecule has 9 heteroatoms. The summed E-state index contributed by atoms with van der Waals surface area (Å²) in [5, 5.41) is 6.24. The van der Waals surface area contributed by atoms with Crippen molar-refractivity contribution in [2.24, 2.45) is 5.10 Å². The van der Waals surface area contributed by atoms with E-state index in [0.29, 0.717) is 11.3 Å². The van der Waals surface area contributed by atoms with Crippen LogP contribution in [0.25, 0.3) is 0 Å². The van der Waals surface area contributed by atoms with Gasteiger partial charge in [0.05, 0.1) is 18.5 Å². The molecule has 0 saturated heterocycles. The van der Waals surface area contributed by atoms with Crippen LogP contribution >= 0.6 is 0 Å². The quantitative estimate of drug-likeness (QED) is 0.343. The van der Waals surface area contributed by atoms with E-state index in [0.717, 1.165) is 0 Å². The largest absolute Gasteiger partial charge is 0.479 e. The van der Waals surface area contributed by atoms with Crippen LogP contribution in [0, 0.1) is 5.82 Å². The monoisotopic (exact) mass is 429 g/mol. The Morgan fingerprint density at radius 2 is 1.74 bits per heavy atom. The van der Waals surface area contributed by atoms with Crippen LogP contribution in [0.15, 0.2) is 53.6 Å². The lowest BCUT2D eigenvalue weighted by Gasteiger charge is -2.13. The molecular weight excluding hydrogens is 405 g/mol. The number of benzene rings is 2. The van der Waals surface area contributed by atoms with Gasteiger partial charge < -0.3 is 14.8 Å². The molecule has 2 amide bonds. The van der Waals surface area contributed by atoms with Crippen LogP contribution in [-0.2, 0) is 19.1 Å². The van der Waals surface area contributed by atoms with Crippen molar-refractivity contribution in [3.05, 3.63) is 59.9 Å². The summed E-state index contributed by atoms with van der Waals surface area (Å²) < 4.78 is 23.8. The first kappa shape index (κ1) is 23.5. The number of para-hydroxylation sites is 1. The number of hydrogen-bond donors (Lipinski definition) is 2. The Morgan fingerprint density at radius 1 is 1.06 bits per heavy atom. The van der Waals surface area contributed by atoms with Crippen LogP contribution in [0.2, 0.25) is 0 Å². The van der Waals surface area contributed by atoms with E-state index in [9.17, 15) is 18.8 Å². The van der Waals surface area contributed by atoms with E-state index in [1.807, 2.05) is 0 Å². The topological polar surface area (TPSA) is 106 Å². The number of hydrazone groups is 1. The maximum atomic E-state index is 13.5. The number of anilines is 1. The van der Waals surface area contributed by atoms with Crippen LogP contribution in [-0.4, -0.2) is 36.7 Å². The lowest BCUT2D eigenvalue weighted by atomic mass is 10.2. The highest BCUT2D eigenvalue weighted by atomic mass is 19.1. The summed E-state index contributed by atoms with van der Waals surface area (Å²) in [6.07, 6.45) is 0.487. The minimum atomic E-state index is -0.727. The molecule has 8 nitrogen and oxygen atoms in total. The second kappa shape index (κ2) is 12.1. The van der Waals surface area contributed by atoms with E-state index < -0.39 is 29.7 Å². The highest BCUT2D eigenvalue weighted by Crippen LogP contribution is 2.14. The molecule has 0 aliphatic carbocycles. The Labute approximate surface area is 179 Å². The molecule has 2 aromatic rings. The summed E-state index contributed by atoms with van der Waals surface area (Å²) in [4.78, 5) is 35.2. The lowest BCUT2D eigenvalue weighted by molar-refractivity contribution is -0.150. The highest BCUT2D eigenvalue weighted by molar-refractivity contribution is 5.93. The Hall–Kier alpha value is -3.75. The van der Waals surface area contributed by atoms with Gasteiger partial charge in [0.1, 0.15) is 11.6 Å². The molecule has 2 rings (SSSR count). The molecule has 0 spiro atoms. The van der Waals surface area contributed by atoms with Crippen LogP contribution in [0.5, 0.6) is 5.75 Å². The van der Waals surface area contributed by atoms with E-state index in [1.165, 1.54) is 24.4 Å². The third-order valence-electron chi connectivity index (χ3n) is 3.94. The first-order chi connectivity index (χ1) is 14.9. The number of hydrogen-bond acceptors (Lipinski definition) is 6. The molecule has 0 aromatic heterocycles. The smallest absolute Gasteiger partial charge is 0.347 e. The SMILES string of the molecule is CCOC(=O)C(C)Oc1ccc(C=NNC(=O)CCC(=O)Nc2ccccc2F)cc1. The Kier molecular flexibility index (Phi) is 9.15. The molecular formula is C22H24FN3O5. The van der Waals surface area contributed by atoms with Gasteiger partial charge in [-0.2, -0.15) is 5.10 Å². The molecule has 0 bridgehead atoms. The number of amides is 2. The summed E-state index contributed by atoms with van der Waals surface area (Å²) in [5.41, 5.74) is 3.08. The number of rotatable bonds is 10. The van der Waals surface area contributed by atoms with E-state index in [2.05, 4.69) is 15.8 Å². The van der Waals surface area contributed by atoms with E-state index in [4.69, 9.17) is 9.47 Å². The summed E-state index contributed by atoms with van der Waals surface area (Å²) in [6.45, 7) is 3.60. The second-order valence-electron chi connectivity index (χ2n) is 6.40. The van der Waals surface area contributed by atoms with Crippen molar-refractivity contribution in [3.63, 3.8) is 0 Å². The number of nitrogens with one attached hydrogen (secondary N) is 2. The summed E-state index contributed by atoms with van der Waals surface area (Å²) >= 11 is 0. The van der Waals surface area contributed by atoms with Gasteiger partial charge in [0.25, 0.3) is 0 Å². The maximum absolute atomic E-state index is 13.5. The van der Waals surface area contributed by atoms with Crippen molar-refractivity contribution in [3.8, 4) is 5.75 Å². The van der Waals surface area contributed by atoms with Gasteiger partial charge in [-0.15, -0.1) is 0 Å². The van der Waals surface area contributed by atoms with Gasteiger partial charge in [-0.25, -0.2) is 14.6 Å². The Balaban J connectivity index is 1.73. The Bertz CT molecular complexity index is 931. The molecule has 0 fully saturated rings. The predicted molar refractivity (Wildman–Crippen MR) is 113 cm³/mol. The molecule has 0 aliphatic rings. The molecule has 1 unspecified atom stereocenters. The third kappa shape index (κ3) is 8.25. The second-order valence-corrected chi connectivity index (χ2v) is 6.40. The standard InChI is InChI=1S/C22H24FN3O5/c1-3-30-22(29)15(2)31-17-10-8-16(9-11-17)14-24-26-21(28)13-12-20(27)25-19-7-5-4-6-18(19)23/h4-11,14-15H,3,12-13H2,1-2H3,(H,25,27)(H,26,28). The van der Waals surface area contributed by atoms with Gasteiger partial charge in [0.2, 0.25) is 11.8 Å². The van der Waals surface area contributed by atoms with Crippen LogP contribution in [0.3, 0.4) is 0 Å². The summed E-state index contributed by atoms with van der Waals surface area (Å²) in [5.74, 6) is -1.43. The maximum Gasteiger partial charge on any atom is 0.347 e. The van der Waals surface area contributed by atoms with Crippen LogP contribution in [0.4, 0.5) is 10.1 Å². The first-order valence-electron chi connectivity index (χ1n) is 9.68. The van der Waals surface area contributed by atoms with Crippen LogP contribution < -0.4 is 15.5 Å². The van der Waals surface area contributed by atoms with Crippen molar-refractivity contribution in [2.45, 2.75) is 32.8 Å². The highest BCUT2D eigenvalue weighted by Gasteiger charge is 2.15. The first-order valence-corrected chi connectivity index (χ1v) is 9.68. The fourth-order valence-electron chi connectivity index (χ4n) is 2.38. The van der Waals surface area contributed by atoms with Crippen LogP contribution in [0.1, 0.15) is 32.3 Å². The molecule has 31 heavy (non-hydrogen) atoms. The number of carbonyl (C=O) groups excluding carboxylic acids is 3. The predicted octanol–water partition coefficient (Wildman–Crippen LogP) is 3.03. The minimum absolute atomic E-state index is 0.0648. The zero-order chi connectivity index (χ0) is 22.6. The number of ether oxygens (including phenoxy) is 2. The number of halogens is 1. The molecule has 0 aliphatic heterocycles. The van der Waals surface area contributed by atoms with Crippen molar-refractivity contribution in [1.82, 2.24) is 5.43 Å². The molecule has 0 radical (unpaired) electrons. The van der Waals surface area contributed by atoms with Gasteiger partial charge in [0, 0.05) is 12.8 Å². The minimum Gasteiger partial charge on any atom is -0.479 e. The average Bonchev–Trinajstić information content (AvgIpc) is 2.75. The van der Waals surface area contributed by atoms with Crippen molar-refractivity contribution < 1.29 is 28.2 Å². The molecule has 164 valence electrons. The molecule has 2 aromatic carbocycles. The van der Waals surface area contributed by atoms with Gasteiger partial charge in [-0.1, -0.05) is 12.1 Å². The van der Waals surface area contributed by atoms with E-state index >= 15 is 0 Å². The fourth-order valence-corrected chi connectivity index (χ4v) is 2.38. The third-order valence-corrected chi connectivity index (χ3v) is 3.94. The molecule has 1 atom stereocenters. The zero-order valence-corrected chi connectivity index (χ0v) is 17.3. The summed E-state index contributed by atoms with van der Waals surface area (Å²) in [7, 11) is 0. The van der Waals surface area contributed by atoms with Crippen molar-refractivity contribution in [2.75, 3.05) is 11.9 Å². The normalized spacial score (nSPS) is 11.6. The van der Waals surface area contributed by atoms with Gasteiger partial charge in [0.15, 0.2) is 6.10 Å². The zero-order valence-electron chi connectivity index (χ0n) is 17.3. The van der Waals surface area contributed by atoms with Gasteiger partial charge in [-0.05, 0) is 55.8 Å². The van der Waals surface area contributed by atoms with Gasteiger partial charge >= 0.3 is 5.97 Å². The van der Waals surface area contributed by atoms with E-state index in [-0.39, 0.29) is 25.1 Å². The fraction of sp³-hybridized carbons (Fsp3) is 0.273. The summed E-state index contributed by atoms with van der Waals surface area (Å²) in [6, 6.07) is 12.5. The molecule has 0 saturated carbocycles. The lowest BCUT2D eigenvalue weighted by Crippen LogP contribution is -2.26. The van der Waals surface area contributed by atoms with Crippen molar-refractivity contribution >= 4 is 29.7 Å². The Morgan fingerprint density at radius 3 is 2.42 bits per heavy atom. The van der Waals surface area contributed by atoms with Crippen molar-refractivity contribution in [1.29, 1.82) is 0 Å².